The summed E-state index contributed by atoms with van der Waals surface area (Å²) in [6.07, 6.45) is -3.39. The van der Waals surface area contributed by atoms with Crippen LogP contribution in [-0.2, 0) is 6.18 Å². The maximum Gasteiger partial charge on any atom is 0.433 e. The van der Waals surface area contributed by atoms with Crippen molar-refractivity contribution in [3.8, 4) is 0 Å². The SMILES string of the molecule is NCCNc1nccc(C(F)(F)F)n1. The number of alkyl halides is 3. The van der Waals surface area contributed by atoms with Crippen LogP contribution in [0.4, 0.5) is 19.1 Å². The highest BCUT2D eigenvalue weighted by Gasteiger charge is 2.32. The summed E-state index contributed by atoms with van der Waals surface area (Å²) in [6.45, 7) is 0.640. The van der Waals surface area contributed by atoms with E-state index in [0.29, 0.717) is 13.1 Å². The van der Waals surface area contributed by atoms with Crippen LogP contribution in [0.5, 0.6) is 0 Å². The molecule has 0 fully saturated rings. The molecular weight excluding hydrogens is 197 g/mol. The van der Waals surface area contributed by atoms with Gasteiger partial charge in [0.1, 0.15) is 5.69 Å². The van der Waals surface area contributed by atoms with Crippen molar-refractivity contribution >= 4 is 5.95 Å². The molecule has 3 N–H and O–H groups in total. The minimum atomic E-state index is -4.44. The molecule has 14 heavy (non-hydrogen) atoms. The lowest BCUT2D eigenvalue weighted by Crippen LogP contribution is -2.16. The van der Waals surface area contributed by atoms with Gasteiger partial charge < -0.3 is 11.1 Å². The monoisotopic (exact) mass is 206 g/mol. The maximum absolute atomic E-state index is 12.1. The van der Waals surface area contributed by atoms with Crippen LogP contribution in [0.25, 0.3) is 0 Å². The van der Waals surface area contributed by atoms with Crippen LogP contribution in [-0.4, -0.2) is 23.1 Å². The summed E-state index contributed by atoms with van der Waals surface area (Å²) in [5.74, 6) is -0.0646. The van der Waals surface area contributed by atoms with E-state index in [-0.39, 0.29) is 5.95 Å². The van der Waals surface area contributed by atoms with Gasteiger partial charge in [-0.05, 0) is 6.07 Å². The zero-order valence-corrected chi connectivity index (χ0v) is 7.17. The quantitative estimate of drug-likeness (QED) is 0.770. The van der Waals surface area contributed by atoms with Gasteiger partial charge in [-0.3, -0.25) is 0 Å². The zero-order valence-electron chi connectivity index (χ0n) is 7.17. The first-order valence-electron chi connectivity index (χ1n) is 3.88. The molecule has 0 unspecified atom stereocenters. The number of nitrogens with one attached hydrogen (secondary N) is 1. The second-order valence-electron chi connectivity index (χ2n) is 2.48. The fourth-order valence-electron chi connectivity index (χ4n) is 0.786. The first-order valence-corrected chi connectivity index (χ1v) is 3.88. The van der Waals surface area contributed by atoms with Gasteiger partial charge in [0.25, 0.3) is 0 Å². The van der Waals surface area contributed by atoms with Gasteiger partial charge in [-0.1, -0.05) is 0 Å². The lowest BCUT2D eigenvalue weighted by Gasteiger charge is -2.07. The third-order valence-corrected chi connectivity index (χ3v) is 1.37. The minimum Gasteiger partial charge on any atom is -0.353 e. The van der Waals surface area contributed by atoms with E-state index in [1.807, 2.05) is 0 Å². The highest BCUT2D eigenvalue weighted by molar-refractivity contribution is 5.25. The summed E-state index contributed by atoms with van der Waals surface area (Å²) in [4.78, 5) is 6.89. The van der Waals surface area contributed by atoms with Crippen LogP contribution < -0.4 is 11.1 Å². The van der Waals surface area contributed by atoms with Gasteiger partial charge in [-0.25, -0.2) is 9.97 Å². The summed E-state index contributed by atoms with van der Waals surface area (Å²) in [7, 11) is 0. The number of nitrogens with two attached hydrogens (primary N) is 1. The van der Waals surface area contributed by atoms with E-state index in [1.165, 1.54) is 0 Å². The molecule has 0 atom stereocenters. The van der Waals surface area contributed by atoms with Crippen molar-refractivity contribution in [2.75, 3.05) is 18.4 Å². The molecule has 0 aliphatic rings. The average Bonchev–Trinajstić information content (AvgIpc) is 2.14. The topological polar surface area (TPSA) is 63.8 Å². The molecule has 0 saturated carbocycles. The molecule has 0 aliphatic heterocycles. The molecule has 1 aromatic heterocycles. The van der Waals surface area contributed by atoms with E-state index >= 15 is 0 Å². The Bertz CT molecular complexity index is 299. The highest BCUT2D eigenvalue weighted by Crippen LogP contribution is 2.27. The number of hydrogen-bond acceptors (Lipinski definition) is 4. The van der Waals surface area contributed by atoms with Gasteiger partial charge in [0.05, 0.1) is 0 Å². The molecular formula is C7H9F3N4. The van der Waals surface area contributed by atoms with Gasteiger partial charge in [0, 0.05) is 19.3 Å². The molecule has 0 spiro atoms. The van der Waals surface area contributed by atoms with E-state index in [0.717, 1.165) is 12.3 Å². The van der Waals surface area contributed by atoms with Crippen LogP contribution in [0.3, 0.4) is 0 Å². The second kappa shape index (κ2) is 4.23. The van der Waals surface area contributed by atoms with Gasteiger partial charge >= 0.3 is 6.18 Å². The molecule has 7 heteroatoms. The predicted molar refractivity (Wildman–Crippen MR) is 44.6 cm³/mol. The molecule has 1 heterocycles. The van der Waals surface area contributed by atoms with Crippen molar-refractivity contribution in [1.82, 2.24) is 9.97 Å². The molecule has 0 saturated heterocycles. The smallest absolute Gasteiger partial charge is 0.353 e. The first-order chi connectivity index (χ1) is 6.54. The number of hydrogen-bond donors (Lipinski definition) is 2. The lowest BCUT2D eigenvalue weighted by atomic mass is 10.4. The molecule has 0 bridgehead atoms. The number of halogens is 3. The van der Waals surface area contributed by atoms with E-state index in [9.17, 15) is 13.2 Å². The van der Waals surface area contributed by atoms with E-state index in [1.54, 1.807) is 0 Å². The molecule has 0 aromatic carbocycles. The third kappa shape index (κ3) is 2.84. The standard InChI is InChI=1S/C7H9F3N4/c8-7(9,10)5-1-3-12-6(14-5)13-4-2-11/h1,3H,2,4,11H2,(H,12,13,14). The van der Waals surface area contributed by atoms with Crippen molar-refractivity contribution in [2.24, 2.45) is 5.73 Å². The van der Waals surface area contributed by atoms with Crippen LogP contribution in [0.1, 0.15) is 5.69 Å². The summed E-state index contributed by atoms with van der Waals surface area (Å²) >= 11 is 0. The minimum absolute atomic E-state index is 0.0646. The largest absolute Gasteiger partial charge is 0.433 e. The zero-order chi connectivity index (χ0) is 10.6. The normalized spacial score (nSPS) is 11.4. The van der Waals surface area contributed by atoms with E-state index in [2.05, 4.69) is 15.3 Å². The van der Waals surface area contributed by atoms with Crippen LogP contribution in [0, 0.1) is 0 Å². The fraction of sp³-hybridized carbons (Fsp3) is 0.429. The van der Waals surface area contributed by atoms with Crippen molar-refractivity contribution < 1.29 is 13.2 Å². The van der Waals surface area contributed by atoms with Gasteiger partial charge in [-0.2, -0.15) is 13.2 Å². The Balaban J connectivity index is 2.79. The van der Waals surface area contributed by atoms with Crippen molar-refractivity contribution in [2.45, 2.75) is 6.18 Å². The molecule has 78 valence electrons. The molecule has 0 radical (unpaired) electrons. The van der Waals surface area contributed by atoms with E-state index in [4.69, 9.17) is 5.73 Å². The van der Waals surface area contributed by atoms with Crippen molar-refractivity contribution in [3.63, 3.8) is 0 Å². The molecule has 0 aliphatic carbocycles. The molecule has 0 amide bonds. The van der Waals surface area contributed by atoms with Crippen LogP contribution in [0.15, 0.2) is 12.3 Å². The number of rotatable bonds is 3. The molecule has 1 aromatic rings. The summed E-state index contributed by atoms with van der Waals surface area (Å²) in [5.41, 5.74) is 4.19. The fourth-order valence-corrected chi connectivity index (χ4v) is 0.786. The first kappa shape index (κ1) is 10.7. The van der Waals surface area contributed by atoms with Crippen LogP contribution in [0.2, 0.25) is 0 Å². The van der Waals surface area contributed by atoms with Gasteiger partial charge in [0.2, 0.25) is 5.95 Å². The number of nitrogens with zero attached hydrogens (tertiary/aromatic N) is 2. The lowest BCUT2D eigenvalue weighted by molar-refractivity contribution is -0.141. The summed E-state index contributed by atoms with van der Waals surface area (Å²) < 4.78 is 36.4. The molecule has 4 nitrogen and oxygen atoms in total. The third-order valence-electron chi connectivity index (χ3n) is 1.37. The molecule has 1 rings (SSSR count). The Morgan fingerprint density at radius 2 is 2.14 bits per heavy atom. The maximum atomic E-state index is 12.1. The number of aromatic nitrogens is 2. The number of anilines is 1. The van der Waals surface area contributed by atoms with Crippen LogP contribution >= 0.6 is 0 Å². The van der Waals surface area contributed by atoms with Crippen molar-refractivity contribution in [1.29, 1.82) is 0 Å². The Labute approximate surface area is 78.4 Å². The highest BCUT2D eigenvalue weighted by atomic mass is 19.4. The Morgan fingerprint density at radius 1 is 1.43 bits per heavy atom. The Morgan fingerprint density at radius 3 is 2.71 bits per heavy atom. The predicted octanol–water partition coefficient (Wildman–Crippen LogP) is 0.866. The van der Waals surface area contributed by atoms with E-state index < -0.39 is 11.9 Å². The van der Waals surface area contributed by atoms with Gasteiger partial charge in [-0.15, -0.1) is 0 Å². The Hall–Kier alpha value is -1.37. The summed E-state index contributed by atoms with van der Waals surface area (Å²) in [5, 5.41) is 2.56. The Kier molecular flexibility index (Phi) is 3.23. The van der Waals surface area contributed by atoms with Gasteiger partial charge in [0.15, 0.2) is 0 Å². The summed E-state index contributed by atoms with van der Waals surface area (Å²) in [6, 6.07) is 0.813. The van der Waals surface area contributed by atoms with Crippen molar-refractivity contribution in [3.05, 3.63) is 18.0 Å². The average molecular weight is 206 g/mol. The second-order valence-corrected chi connectivity index (χ2v) is 2.48.